The Morgan fingerprint density at radius 2 is 1.83 bits per heavy atom. The third kappa shape index (κ3) is 3.54. The van der Waals surface area contributed by atoms with Gasteiger partial charge in [0, 0.05) is 11.8 Å². The number of aryl methyl sites for hydroxylation is 2. The van der Waals surface area contributed by atoms with Crippen LogP contribution in [0, 0.1) is 6.92 Å². The summed E-state index contributed by atoms with van der Waals surface area (Å²) in [5.74, 6) is -0.143. The number of rotatable bonds is 3. The topological polar surface area (TPSA) is 29.1 Å². The molecule has 116 valence electrons. The number of amides is 1. The second-order valence-corrected chi connectivity index (χ2v) is 6.01. The van der Waals surface area contributed by atoms with Gasteiger partial charge in [-0.25, -0.2) is 0 Å². The summed E-state index contributed by atoms with van der Waals surface area (Å²) >= 11 is 6.48. The Morgan fingerprint density at radius 1 is 1.09 bits per heavy atom. The van der Waals surface area contributed by atoms with Crippen LogP contribution in [0.15, 0.2) is 66.3 Å². The van der Waals surface area contributed by atoms with Crippen LogP contribution in [0.2, 0.25) is 0 Å². The molecule has 0 aliphatic heterocycles. The van der Waals surface area contributed by atoms with Gasteiger partial charge in [-0.3, -0.25) is 4.79 Å². The number of carbonyl (C=O) groups is 1. The second kappa shape index (κ2) is 6.84. The Balaban J connectivity index is 1.75. The fourth-order valence-electron chi connectivity index (χ4n) is 2.72. The first-order chi connectivity index (χ1) is 11.1. The molecular formula is C20H18ClNO. The number of fused-ring (bicyclic) bond motifs is 1. The first-order valence-corrected chi connectivity index (χ1v) is 8.04. The van der Waals surface area contributed by atoms with Gasteiger partial charge in [-0.1, -0.05) is 60.1 Å². The van der Waals surface area contributed by atoms with Gasteiger partial charge >= 0.3 is 0 Å². The molecule has 2 aromatic rings. The molecule has 2 nitrogen and oxygen atoms in total. The summed E-state index contributed by atoms with van der Waals surface area (Å²) in [6.45, 7) is 1.97. The van der Waals surface area contributed by atoms with E-state index in [-0.39, 0.29) is 5.91 Å². The minimum atomic E-state index is -0.143. The molecule has 0 unspecified atom stereocenters. The summed E-state index contributed by atoms with van der Waals surface area (Å²) in [4.78, 5) is 12.1. The lowest BCUT2D eigenvalue weighted by molar-refractivity contribution is -0.111. The third-order valence-corrected chi connectivity index (χ3v) is 4.48. The van der Waals surface area contributed by atoms with Crippen molar-refractivity contribution in [3.8, 4) is 0 Å². The first-order valence-electron chi connectivity index (χ1n) is 7.67. The summed E-state index contributed by atoms with van der Waals surface area (Å²) in [7, 11) is 0. The van der Waals surface area contributed by atoms with Crippen LogP contribution in [0.4, 0.5) is 5.69 Å². The number of nitrogens with one attached hydrogen (secondary N) is 1. The van der Waals surface area contributed by atoms with Crippen molar-refractivity contribution in [1.29, 1.82) is 0 Å². The Bertz CT molecular complexity index is 805. The minimum absolute atomic E-state index is 0.143. The molecule has 0 aromatic heterocycles. The minimum Gasteiger partial charge on any atom is -0.322 e. The Kier molecular flexibility index (Phi) is 4.63. The molecule has 2 aromatic carbocycles. The van der Waals surface area contributed by atoms with Crippen LogP contribution in [0.3, 0.4) is 0 Å². The van der Waals surface area contributed by atoms with Gasteiger partial charge < -0.3 is 5.32 Å². The Hall–Kier alpha value is -2.32. The predicted octanol–water partition coefficient (Wildman–Crippen LogP) is 5.09. The van der Waals surface area contributed by atoms with Crippen LogP contribution < -0.4 is 5.32 Å². The van der Waals surface area contributed by atoms with Crippen LogP contribution in [0.25, 0.3) is 5.03 Å². The Labute approximate surface area is 141 Å². The fourth-order valence-corrected chi connectivity index (χ4v) is 3.07. The van der Waals surface area contributed by atoms with Crippen molar-refractivity contribution in [2.45, 2.75) is 19.8 Å². The van der Waals surface area contributed by atoms with Crippen molar-refractivity contribution in [3.05, 3.63) is 82.9 Å². The van der Waals surface area contributed by atoms with Gasteiger partial charge in [0.05, 0.1) is 5.03 Å². The number of carbonyl (C=O) groups excluding carboxylic acids is 1. The van der Waals surface area contributed by atoms with Gasteiger partial charge in [0.2, 0.25) is 5.91 Å². The highest BCUT2D eigenvalue weighted by Crippen LogP contribution is 2.34. The number of benzene rings is 2. The number of halogens is 1. The highest BCUT2D eigenvalue weighted by atomic mass is 35.5. The molecule has 0 radical (unpaired) electrons. The van der Waals surface area contributed by atoms with Gasteiger partial charge in [-0.05, 0) is 48.1 Å². The zero-order chi connectivity index (χ0) is 16.2. The summed E-state index contributed by atoms with van der Waals surface area (Å²) in [5.41, 5.74) is 5.21. The summed E-state index contributed by atoms with van der Waals surface area (Å²) in [5, 5.41) is 3.63. The molecule has 0 atom stereocenters. The molecule has 1 N–H and O–H groups in total. The van der Waals surface area contributed by atoms with E-state index < -0.39 is 0 Å². The fraction of sp³-hybridized carbons (Fsp3) is 0.150. The lowest BCUT2D eigenvalue weighted by Gasteiger charge is -2.17. The maximum absolute atomic E-state index is 12.1. The van der Waals surface area contributed by atoms with Crippen LogP contribution in [0.1, 0.15) is 23.1 Å². The van der Waals surface area contributed by atoms with E-state index in [1.54, 1.807) is 6.08 Å². The van der Waals surface area contributed by atoms with Crippen LogP contribution in [-0.2, 0) is 11.2 Å². The van der Waals surface area contributed by atoms with Crippen molar-refractivity contribution in [1.82, 2.24) is 0 Å². The maximum atomic E-state index is 12.1. The molecule has 0 bridgehead atoms. The first kappa shape index (κ1) is 15.6. The molecular weight excluding hydrogens is 306 g/mol. The SMILES string of the molecule is Cc1ccccc1NC(=O)C=CC1=C(Cl)c2ccccc2CC1. The van der Waals surface area contributed by atoms with Crippen LogP contribution >= 0.6 is 11.6 Å². The second-order valence-electron chi connectivity index (χ2n) is 5.63. The predicted molar refractivity (Wildman–Crippen MR) is 96.5 cm³/mol. The molecule has 3 rings (SSSR count). The van der Waals surface area contributed by atoms with E-state index in [2.05, 4.69) is 11.4 Å². The van der Waals surface area contributed by atoms with Gasteiger partial charge in [0.15, 0.2) is 0 Å². The highest BCUT2D eigenvalue weighted by molar-refractivity contribution is 6.49. The van der Waals surface area contributed by atoms with Crippen molar-refractivity contribution >= 4 is 28.2 Å². The van der Waals surface area contributed by atoms with Crippen molar-refractivity contribution in [3.63, 3.8) is 0 Å². The van der Waals surface area contributed by atoms with E-state index in [4.69, 9.17) is 11.6 Å². The normalized spacial score (nSPS) is 14.0. The standard InChI is InChI=1S/C20H18ClNO/c1-14-6-2-5-9-18(14)22-19(23)13-12-16-11-10-15-7-3-4-8-17(15)20(16)21/h2-9,12-13H,10-11H2,1H3,(H,22,23). The number of allylic oxidation sites excluding steroid dienone is 2. The molecule has 1 amide bonds. The third-order valence-electron chi connectivity index (χ3n) is 4.04. The molecule has 0 saturated heterocycles. The number of hydrogen-bond donors (Lipinski definition) is 1. The van der Waals surface area contributed by atoms with E-state index in [0.29, 0.717) is 0 Å². The van der Waals surface area contributed by atoms with Gasteiger partial charge in [0.25, 0.3) is 0 Å². The molecule has 0 fully saturated rings. The molecule has 1 aliphatic carbocycles. The zero-order valence-electron chi connectivity index (χ0n) is 13.0. The summed E-state index contributed by atoms with van der Waals surface area (Å²) in [6.07, 6.45) is 5.18. The monoisotopic (exact) mass is 323 g/mol. The van der Waals surface area contributed by atoms with E-state index in [0.717, 1.165) is 40.3 Å². The Morgan fingerprint density at radius 3 is 2.65 bits per heavy atom. The van der Waals surface area contributed by atoms with Crippen LogP contribution in [0.5, 0.6) is 0 Å². The maximum Gasteiger partial charge on any atom is 0.248 e. The van der Waals surface area contributed by atoms with Gasteiger partial charge in [-0.15, -0.1) is 0 Å². The summed E-state index contributed by atoms with van der Waals surface area (Å²) < 4.78 is 0. The highest BCUT2D eigenvalue weighted by Gasteiger charge is 2.15. The van der Waals surface area contributed by atoms with Gasteiger partial charge in [0.1, 0.15) is 0 Å². The molecule has 3 heteroatoms. The van der Waals surface area contributed by atoms with Crippen molar-refractivity contribution in [2.75, 3.05) is 5.32 Å². The van der Waals surface area contributed by atoms with Crippen molar-refractivity contribution < 1.29 is 4.79 Å². The molecule has 1 aliphatic rings. The van der Waals surface area contributed by atoms with E-state index in [1.807, 2.05) is 55.5 Å². The zero-order valence-corrected chi connectivity index (χ0v) is 13.7. The largest absolute Gasteiger partial charge is 0.322 e. The lowest BCUT2D eigenvalue weighted by atomic mass is 9.92. The number of anilines is 1. The number of para-hydroxylation sites is 1. The quantitative estimate of drug-likeness (QED) is 0.783. The molecule has 0 saturated carbocycles. The molecule has 0 spiro atoms. The van der Waals surface area contributed by atoms with E-state index in [1.165, 1.54) is 5.56 Å². The smallest absolute Gasteiger partial charge is 0.248 e. The molecule has 0 heterocycles. The average molecular weight is 324 g/mol. The van der Waals surface area contributed by atoms with Crippen LogP contribution in [-0.4, -0.2) is 5.91 Å². The van der Waals surface area contributed by atoms with E-state index >= 15 is 0 Å². The van der Waals surface area contributed by atoms with Crippen molar-refractivity contribution in [2.24, 2.45) is 0 Å². The average Bonchev–Trinajstić information content (AvgIpc) is 2.57. The summed E-state index contributed by atoms with van der Waals surface area (Å²) in [6, 6.07) is 15.9. The van der Waals surface area contributed by atoms with E-state index in [9.17, 15) is 4.79 Å². The van der Waals surface area contributed by atoms with Gasteiger partial charge in [-0.2, -0.15) is 0 Å². The number of hydrogen-bond acceptors (Lipinski definition) is 1. The molecule has 23 heavy (non-hydrogen) atoms. The lowest BCUT2D eigenvalue weighted by Crippen LogP contribution is -2.09.